The Labute approximate surface area is 139 Å². The van der Waals surface area contributed by atoms with Crippen LogP contribution in [0.2, 0.25) is 0 Å². The van der Waals surface area contributed by atoms with E-state index in [4.69, 9.17) is 13.9 Å². The van der Waals surface area contributed by atoms with Crippen LogP contribution in [0.25, 0.3) is 11.0 Å². The number of hydrogen-bond acceptors (Lipinski definition) is 5. The number of nitrogens with one attached hydrogen (secondary N) is 1. The largest absolute Gasteiger partial charge is 0.484 e. The maximum atomic E-state index is 11.8. The first-order valence-corrected chi connectivity index (χ1v) is 8.33. The third-order valence-corrected chi connectivity index (χ3v) is 5.08. The van der Waals surface area contributed by atoms with Gasteiger partial charge in [-0.15, -0.1) is 0 Å². The van der Waals surface area contributed by atoms with Crippen molar-refractivity contribution < 1.29 is 23.9 Å². The summed E-state index contributed by atoms with van der Waals surface area (Å²) in [5.41, 5.74) is 0.185. The lowest BCUT2D eigenvalue weighted by atomic mass is 9.84. The standard InChI is InChI=1S/C18H21NO5/c1-18(2)17(21)15(19-7-9-22-10-8-19)14-12(24-18)5-3-11-4-6-13(20)23-16(11)14/h3-6,15,17,21H,7-10H2,1-2H3/p+1. The lowest BCUT2D eigenvalue weighted by Crippen LogP contribution is -3.16. The van der Waals surface area contributed by atoms with Crippen molar-refractivity contribution in [1.82, 2.24) is 0 Å². The van der Waals surface area contributed by atoms with Crippen LogP contribution in [0.15, 0.2) is 33.5 Å². The topological polar surface area (TPSA) is 73.3 Å². The maximum Gasteiger partial charge on any atom is 0.336 e. The van der Waals surface area contributed by atoms with Crippen molar-refractivity contribution in [2.75, 3.05) is 26.3 Å². The minimum absolute atomic E-state index is 0.220. The first-order valence-electron chi connectivity index (χ1n) is 8.33. The molecule has 2 N–H and O–H groups in total. The van der Waals surface area contributed by atoms with Crippen LogP contribution in [0.4, 0.5) is 0 Å². The molecular weight excluding hydrogens is 310 g/mol. The molecule has 2 aliphatic rings. The molecule has 0 aliphatic carbocycles. The Kier molecular flexibility index (Phi) is 3.63. The van der Waals surface area contributed by atoms with Gasteiger partial charge in [-0.2, -0.15) is 0 Å². The monoisotopic (exact) mass is 332 g/mol. The number of morpholine rings is 1. The highest BCUT2D eigenvalue weighted by Crippen LogP contribution is 2.42. The van der Waals surface area contributed by atoms with Crippen molar-refractivity contribution in [3.05, 3.63) is 40.2 Å². The second-order valence-corrected chi connectivity index (χ2v) is 7.05. The third kappa shape index (κ3) is 2.42. The van der Waals surface area contributed by atoms with E-state index in [1.165, 1.54) is 11.0 Å². The number of rotatable bonds is 1. The molecule has 24 heavy (non-hydrogen) atoms. The highest BCUT2D eigenvalue weighted by atomic mass is 16.5. The molecular formula is C18H22NO5+. The number of quaternary nitrogens is 1. The van der Waals surface area contributed by atoms with Gasteiger partial charge in [0.05, 0.1) is 18.8 Å². The van der Waals surface area contributed by atoms with Gasteiger partial charge in [-0.25, -0.2) is 4.79 Å². The summed E-state index contributed by atoms with van der Waals surface area (Å²) in [6, 6.07) is 6.73. The van der Waals surface area contributed by atoms with Gasteiger partial charge in [0.1, 0.15) is 30.5 Å². The average molecular weight is 332 g/mol. The normalized spacial score (nSPS) is 26.8. The van der Waals surface area contributed by atoms with Gasteiger partial charge in [0.25, 0.3) is 0 Å². The summed E-state index contributed by atoms with van der Waals surface area (Å²) in [5, 5.41) is 11.9. The lowest BCUT2D eigenvalue weighted by Gasteiger charge is -2.44. The number of ether oxygens (including phenoxy) is 2. The van der Waals surface area contributed by atoms with Crippen LogP contribution in [-0.4, -0.2) is 43.1 Å². The number of fused-ring (bicyclic) bond motifs is 3. The maximum absolute atomic E-state index is 11.8. The SMILES string of the molecule is CC1(C)Oc2ccc3ccc(=O)oc3c2C([NH+]2CCOCC2)C1O. The number of aliphatic hydroxyl groups is 1. The molecule has 6 heteroatoms. The first-order chi connectivity index (χ1) is 11.5. The van der Waals surface area contributed by atoms with Crippen LogP contribution < -0.4 is 15.3 Å². The number of aliphatic hydroxyl groups excluding tert-OH is 1. The van der Waals surface area contributed by atoms with E-state index in [-0.39, 0.29) is 6.04 Å². The molecule has 6 nitrogen and oxygen atoms in total. The molecule has 1 aromatic heterocycles. The van der Waals surface area contributed by atoms with E-state index in [0.29, 0.717) is 24.5 Å². The summed E-state index contributed by atoms with van der Waals surface area (Å²) in [7, 11) is 0. The van der Waals surface area contributed by atoms with Gasteiger partial charge in [0, 0.05) is 11.5 Å². The summed E-state index contributed by atoms with van der Waals surface area (Å²) in [6.45, 7) is 6.68. The van der Waals surface area contributed by atoms with Crippen LogP contribution in [0.3, 0.4) is 0 Å². The molecule has 3 heterocycles. The van der Waals surface area contributed by atoms with Crippen LogP contribution in [0, 0.1) is 0 Å². The fraction of sp³-hybridized carbons (Fsp3) is 0.500. The Morgan fingerprint density at radius 1 is 1.17 bits per heavy atom. The molecule has 0 saturated carbocycles. The molecule has 4 rings (SSSR count). The summed E-state index contributed by atoms with van der Waals surface area (Å²) in [5.74, 6) is 0.677. The summed E-state index contributed by atoms with van der Waals surface area (Å²) < 4.78 is 17.0. The molecule has 0 bridgehead atoms. The first kappa shape index (κ1) is 15.6. The van der Waals surface area contributed by atoms with Crippen molar-refractivity contribution in [2.45, 2.75) is 31.6 Å². The molecule has 2 atom stereocenters. The van der Waals surface area contributed by atoms with Crippen LogP contribution >= 0.6 is 0 Å². The van der Waals surface area contributed by atoms with Gasteiger partial charge >= 0.3 is 5.63 Å². The molecule has 0 radical (unpaired) electrons. The third-order valence-electron chi connectivity index (χ3n) is 5.08. The fourth-order valence-corrected chi connectivity index (χ4v) is 3.79. The van der Waals surface area contributed by atoms with Crippen molar-refractivity contribution in [1.29, 1.82) is 0 Å². The van der Waals surface area contributed by atoms with Gasteiger partial charge < -0.3 is 23.9 Å². The summed E-state index contributed by atoms with van der Waals surface area (Å²) >= 11 is 0. The molecule has 2 aromatic rings. The molecule has 2 unspecified atom stereocenters. The van der Waals surface area contributed by atoms with Gasteiger partial charge in [-0.1, -0.05) is 0 Å². The van der Waals surface area contributed by atoms with Crippen molar-refractivity contribution >= 4 is 11.0 Å². The van der Waals surface area contributed by atoms with Crippen LogP contribution in [0.5, 0.6) is 5.75 Å². The zero-order valence-corrected chi connectivity index (χ0v) is 13.9. The number of benzene rings is 1. The minimum Gasteiger partial charge on any atom is -0.484 e. The molecule has 1 aromatic carbocycles. The van der Waals surface area contributed by atoms with Gasteiger partial charge in [0.15, 0.2) is 11.6 Å². The second kappa shape index (κ2) is 5.58. The molecule has 0 amide bonds. The van der Waals surface area contributed by atoms with Crippen LogP contribution in [-0.2, 0) is 4.74 Å². The van der Waals surface area contributed by atoms with Gasteiger partial charge in [-0.05, 0) is 32.0 Å². The van der Waals surface area contributed by atoms with E-state index in [9.17, 15) is 9.90 Å². The highest BCUT2D eigenvalue weighted by Gasteiger charge is 2.49. The smallest absolute Gasteiger partial charge is 0.336 e. The Bertz CT molecular complexity index is 822. The van der Waals surface area contributed by atoms with E-state index in [1.54, 1.807) is 6.07 Å². The highest BCUT2D eigenvalue weighted by molar-refractivity contribution is 5.82. The zero-order chi connectivity index (χ0) is 16.9. The second-order valence-electron chi connectivity index (χ2n) is 7.05. The lowest BCUT2D eigenvalue weighted by molar-refractivity contribution is -0.944. The van der Waals surface area contributed by atoms with Gasteiger partial charge in [-0.3, -0.25) is 0 Å². The van der Waals surface area contributed by atoms with E-state index in [1.807, 2.05) is 26.0 Å². The molecule has 128 valence electrons. The van der Waals surface area contributed by atoms with Crippen molar-refractivity contribution in [2.24, 2.45) is 0 Å². The minimum atomic E-state index is -0.717. The van der Waals surface area contributed by atoms with Crippen molar-refractivity contribution in [3.8, 4) is 5.75 Å². The zero-order valence-electron chi connectivity index (χ0n) is 13.9. The van der Waals surface area contributed by atoms with E-state index >= 15 is 0 Å². The van der Waals surface area contributed by atoms with E-state index in [0.717, 1.165) is 24.0 Å². The fourth-order valence-electron chi connectivity index (χ4n) is 3.79. The predicted octanol–water partition coefficient (Wildman–Crippen LogP) is 0.281. The van der Waals surface area contributed by atoms with E-state index in [2.05, 4.69) is 0 Å². The Morgan fingerprint density at radius 3 is 2.62 bits per heavy atom. The molecule has 2 aliphatic heterocycles. The number of hydrogen-bond donors (Lipinski definition) is 2. The summed E-state index contributed by atoms with van der Waals surface area (Å²) in [4.78, 5) is 13.0. The average Bonchev–Trinajstić information content (AvgIpc) is 2.56. The Hall–Kier alpha value is -1.89. The van der Waals surface area contributed by atoms with E-state index < -0.39 is 17.3 Å². The quantitative estimate of drug-likeness (QED) is 0.734. The Balaban J connectivity index is 1.95. The molecule has 1 saturated heterocycles. The predicted molar refractivity (Wildman–Crippen MR) is 87.5 cm³/mol. The van der Waals surface area contributed by atoms with Gasteiger partial charge in [0.2, 0.25) is 0 Å². The molecule has 1 fully saturated rings. The van der Waals surface area contributed by atoms with Crippen molar-refractivity contribution in [3.63, 3.8) is 0 Å². The molecule has 0 spiro atoms. The Morgan fingerprint density at radius 2 is 1.88 bits per heavy atom. The summed E-state index contributed by atoms with van der Waals surface area (Å²) in [6.07, 6.45) is -0.714. The van der Waals surface area contributed by atoms with Crippen LogP contribution in [0.1, 0.15) is 25.5 Å².